The largest absolute Gasteiger partial charge is 0.493 e. The van der Waals surface area contributed by atoms with Gasteiger partial charge in [0.2, 0.25) is 0 Å². The number of halogens is 1. The normalized spacial score (nSPS) is 16.4. The van der Waals surface area contributed by atoms with Crippen LogP contribution in [0, 0.1) is 0 Å². The van der Waals surface area contributed by atoms with Gasteiger partial charge < -0.3 is 20.5 Å². The Bertz CT molecular complexity index is 475. The number of aliphatic hydroxyl groups is 1. The molecule has 0 unspecified atom stereocenters. The molecular formula is C13H17ClN2O3. The van der Waals surface area contributed by atoms with Crippen molar-refractivity contribution in [1.82, 2.24) is 5.32 Å². The lowest BCUT2D eigenvalue weighted by molar-refractivity contribution is -0.0287. The smallest absolute Gasteiger partial charge is 0.319 e. The van der Waals surface area contributed by atoms with Crippen molar-refractivity contribution < 1.29 is 14.6 Å². The Balaban J connectivity index is 1.93. The standard InChI is InChI=1S/C13H17ClN2O3/c1-19-11-9(14)4-2-5-10(11)16-12(17)15-8-13(18)6-3-7-13/h2,4-5,18H,3,6-8H2,1H3,(H2,15,16,17). The van der Waals surface area contributed by atoms with E-state index in [0.29, 0.717) is 16.5 Å². The summed E-state index contributed by atoms with van der Waals surface area (Å²) in [7, 11) is 1.49. The van der Waals surface area contributed by atoms with Gasteiger partial charge in [-0.15, -0.1) is 0 Å². The minimum atomic E-state index is -0.740. The van der Waals surface area contributed by atoms with E-state index in [1.165, 1.54) is 7.11 Å². The number of amides is 2. The second kappa shape index (κ2) is 5.67. The monoisotopic (exact) mass is 284 g/mol. The van der Waals surface area contributed by atoms with Crippen LogP contribution in [-0.2, 0) is 0 Å². The average Bonchev–Trinajstić information content (AvgIpc) is 2.34. The highest BCUT2D eigenvalue weighted by Crippen LogP contribution is 2.33. The van der Waals surface area contributed by atoms with E-state index in [4.69, 9.17) is 16.3 Å². The number of rotatable bonds is 4. The number of carbonyl (C=O) groups excluding carboxylic acids is 1. The van der Waals surface area contributed by atoms with Gasteiger partial charge in [-0.3, -0.25) is 0 Å². The van der Waals surface area contributed by atoms with Crippen molar-refractivity contribution in [3.63, 3.8) is 0 Å². The molecule has 1 aliphatic rings. The Morgan fingerprint density at radius 2 is 2.26 bits per heavy atom. The minimum Gasteiger partial charge on any atom is -0.493 e. The lowest BCUT2D eigenvalue weighted by atomic mass is 9.80. The molecule has 1 aliphatic carbocycles. The first-order valence-corrected chi connectivity index (χ1v) is 6.52. The van der Waals surface area contributed by atoms with Crippen LogP contribution in [0.25, 0.3) is 0 Å². The van der Waals surface area contributed by atoms with Gasteiger partial charge >= 0.3 is 6.03 Å². The third kappa shape index (κ3) is 3.30. The molecule has 0 atom stereocenters. The predicted octanol–water partition coefficient (Wildman–Crippen LogP) is 2.39. The van der Waals surface area contributed by atoms with Crippen molar-refractivity contribution in [2.75, 3.05) is 19.0 Å². The van der Waals surface area contributed by atoms with Crippen molar-refractivity contribution >= 4 is 23.3 Å². The van der Waals surface area contributed by atoms with Gasteiger partial charge in [0.25, 0.3) is 0 Å². The highest BCUT2D eigenvalue weighted by atomic mass is 35.5. The molecule has 3 N–H and O–H groups in total. The van der Waals surface area contributed by atoms with E-state index in [2.05, 4.69) is 10.6 Å². The number of nitrogens with one attached hydrogen (secondary N) is 2. The lowest BCUT2D eigenvalue weighted by Gasteiger charge is -2.36. The summed E-state index contributed by atoms with van der Waals surface area (Å²) in [5.41, 5.74) is -0.247. The summed E-state index contributed by atoms with van der Waals surface area (Å²) >= 11 is 5.96. The van der Waals surface area contributed by atoms with Crippen LogP contribution in [-0.4, -0.2) is 30.4 Å². The van der Waals surface area contributed by atoms with Gasteiger partial charge in [-0.25, -0.2) is 4.79 Å². The Hall–Kier alpha value is -1.46. The summed E-state index contributed by atoms with van der Waals surface area (Å²) in [4.78, 5) is 11.7. The molecule has 1 aromatic rings. The van der Waals surface area contributed by atoms with E-state index in [0.717, 1.165) is 19.3 Å². The van der Waals surface area contributed by atoms with Crippen molar-refractivity contribution in [2.45, 2.75) is 24.9 Å². The molecule has 0 bridgehead atoms. The van der Waals surface area contributed by atoms with E-state index in [1.54, 1.807) is 18.2 Å². The van der Waals surface area contributed by atoms with Crippen molar-refractivity contribution in [1.29, 1.82) is 0 Å². The van der Waals surface area contributed by atoms with Crippen LogP contribution in [0.2, 0.25) is 5.02 Å². The zero-order chi connectivity index (χ0) is 13.9. The van der Waals surface area contributed by atoms with Gasteiger partial charge in [-0.2, -0.15) is 0 Å². The van der Waals surface area contributed by atoms with Crippen LogP contribution in [0.4, 0.5) is 10.5 Å². The molecule has 0 saturated heterocycles. The number of carbonyl (C=O) groups is 1. The van der Waals surface area contributed by atoms with Crippen LogP contribution in [0.5, 0.6) is 5.75 Å². The van der Waals surface area contributed by atoms with Crippen LogP contribution in [0.1, 0.15) is 19.3 Å². The number of methoxy groups -OCH3 is 1. The zero-order valence-electron chi connectivity index (χ0n) is 10.7. The topological polar surface area (TPSA) is 70.6 Å². The van der Waals surface area contributed by atoms with Gasteiger partial charge in [0.15, 0.2) is 5.75 Å². The molecule has 0 aromatic heterocycles. The fourth-order valence-corrected chi connectivity index (χ4v) is 2.24. The maximum absolute atomic E-state index is 11.7. The number of benzene rings is 1. The van der Waals surface area contributed by atoms with Crippen LogP contribution in [0.3, 0.4) is 0 Å². The van der Waals surface area contributed by atoms with E-state index < -0.39 is 5.60 Å². The number of ether oxygens (including phenoxy) is 1. The first kappa shape index (κ1) is 14.0. The van der Waals surface area contributed by atoms with Gasteiger partial charge in [0.1, 0.15) is 0 Å². The number of anilines is 1. The number of para-hydroxylation sites is 1. The predicted molar refractivity (Wildman–Crippen MR) is 73.8 cm³/mol. The fraction of sp³-hybridized carbons (Fsp3) is 0.462. The molecule has 1 aromatic carbocycles. The highest BCUT2D eigenvalue weighted by Gasteiger charge is 2.34. The molecule has 104 valence electrons. The first-order chi connectivity index (χ1) is 9.04. The Kier molecular flexibility index (Phi) is 4.17. The summed E-state index contributed by atoms with van der Waals surface area (Å²) in [5, 5.41) is 15.6. The van der Waals surface area contributed by atoms with E-state index in [9.17, 15) is 9.90 Å². The Labute approximate surface area is 116 Å². The second-order valence-electron chi connectivity index (χ2n) is 4.71. The summed E-state index contributed by atoms with van der Waals surface area (Å²) in [5.74, 6) is 0.418. The maximum Gasteiger partial charge on any atom is 0.319 e. The second-order valence-corrected chi connectivity index (χ2v) is 5.11. The van der Waals surface area contributed by atoms with Crippen molar-refractivity contribution in [3.05, 3.63) is 23.2 Å². The molecule has 19 heavy (non-hydrogen) atoms. The summed E-state index contributed by atoms with van der Waals surface area (Å²) in [6, 6.07) is 4.71. The molecule has 1 saturated carbocycles. The Morgan fingerprint density at radius 1 is 1.53 bits per heavy atom. The molecule has 6 heteroatoms. The number of urea groups is 1. The molecule has 2 rings (SSSR count). The molecule has 2 amide bonds. The van der Waals surface area contributed by atoms with Gasteiger partial charge in [0, 0.05) is 6.54 Å². The SMILES string of the molecule is COc1c(Cl)cccc1NC(=O)NCC1(O)CCC1. The molecule has 0 spiro atoms. The summed E-state index contributed by atoms with van der Waals surface area (Å²) in [6.07, 6.45) is 2.46. The quantitative estimate of drug-likeness (QED) is 0.795. The summed E-state index contributed by atoms with van der Waals surface area (Å²) < 4.78 is 5.13. The molecule has 1 fully saturated rings. The molecule has 0 aliphatic heterocycles. The fourth-order valence-electron chi connectivity index (χ4n) is 1.99. The third-order valence-electron chi connectivity index (χ3n) is 3.28. The van der Waals surface area contributed by atoms with Crippen LogP contribution in [0.15, 0.2) is 18.2 Å². The summed E-state index contributed by atoms with van der Waals surface area (Å²) in [6.45, 7) is 0.252. The van der Waals surface area contributed by atoms with Gasteiger partial charge in [-0.05, 0) is 31.4 Å². The first-order valence-electron chi connectivity index (χ1n) is 6.14. The van der Waals surface area contributed by atoms with E-state index in [-0.39, 0.29) is 12.6 Å². The molecular weight excluding hydrogens is 268 g/mol. The van der Waals surface area contributed by atoms with Crippen molar-refractivity contribution in [2.24, 2.45) is 0 Å². The van der Waals surface area contributed by atoms with Crippen molar-refractivity contribution in [3.8, 4) is 5.75 Å². The van der Waals surface area contributed by atoms with E-state index >= 15 is 0 Å². The zero-order valence-corrected chi connectivity index (χ0v) is 11.5. The molecule has 0 radical (unpaired) electrons. The Morgan fingerprint density at radius 3 is 2.84 bits per heavy atom. The van der Waals surface area contributed by atoms with Crippen LogP contribution < -0.4 is 15.4 Å². The number of hydrogen-bond donors (Lipinski definition) is 3. The molecule has 5 nitrogen and oxygen atoms in total. The third-order valence-corrected chi connectivity index (χ3v) is 3.58. The number of hydrogen-bond acceptors (Lipinski definition) is 3. The minimum absolute atomic E-state index is 0.252. The van der Waals surface area contributed by atoms with Gasteiger partial charge in [-0.1, -0.05) is 17.7 Å². The maximum atomic E-state index is 11.7. The van der Waals surface area contributed by atoms with E-state index in [1.807, 2.05) is 0 Å². The highest BCUT2D eigenvalue weighted by molar-refractivity contribution is 6.32. The average molecular weight is 285 g/mol. The lowest BCUT2D eigenvalue weighted by Crippen LogP contribution is -2.48. The van der Waals surface area contributed by atoms with Gasteiger partial charge in [0.05, 0.1) is 23.4 Å². The molecule has 0 heterocycles. The van der Waals surface area contributed by atoms with Crippen LogP contribution >= 0.6 is 11.6 Å².